The molecule has 27 heavy (non-hydrogen) atoms. The number of amides is 1. The predicted octanol–water partition coefficient (Wildman–Crippen LogP) is 3.98. The maximum absolute atomic E-state index is 12.7. The number of nitrogens with zero attached hydrogens (tertiary/aromatic N) is 3. The van der Waals surface area contributed by atoms with Crippen LogP contribution in [0.5, 0.6) is 5.75 Å². The van der Waals surface area contributed by atoms with Crippen molar-refractivity contribution in [1.82, 2.24) is 15.0 Å². The van der Waals surface area contributed by atoms with Gasteiger partial charge in [-0.15, -0.1) is 5.10 Å². The lowest BCUT2D eigenvalue weighted by molar-refractivity contribution is 0.101. The van der Waals surface area contributed by atoms with E-state index in [-0.39, 0.29) is 12.3 Å². The summed E-state index contributed by atoms with van der Waals surface area (Å²) in [5.41, 5.74) is 1.73. The molecule has 3 rings (SSSR count). The third kappa shape index (κ3) is 4.21. The fourth-order valence-corrected chi connectivity index (χ4v) is 2.79. The van der Waals surface area contributed by atoms with E-state index in [0.29, 0.717) is 27.2 Å². The predicted molar refractivity (Wildman–Crippen MR) is 103 cm³/mol. The third-order valence-corrected chi connectivity index (χ3v) is 4.32. The van der Waals surface area contributed by atoms with E-state index in [2.05, 4.69) is 15.6 Å². The number of aromatic nitrogens is 3. The number of halogens is 2. The van der Waals surface area contributed by atoms with Crippen LogP contribution in [-0.2, 0) is 11.3 Å². The molecule has 0 unspecified atom stereocenters. The van der Waals surface area contributed by atoms with Crippen LogP contribution in [0.2, 0.25) is 10.0 Å². The van der Waals surface area contributed by atoms with Crippen LogP contribution in [0.25, 0.3) is 5.69 Å². The number of methoxy groups -OCH3 is 2. The van der Waals surface area contributed by atoms with Gasteiger partial charge in [-0.2, -0.15) is 0 Å². The van der Waals surface area contributed by atoms with Crippen molar-refractivity contribution in [2.75, 3.05) is 19.5 Å². The molecule has 1 aromatic heterocycles. The first-order chi connectivity index (χ1) is 13.0. The Morgan fingerprint density at radius 3 is 2.56 bits per heavy atom. The number of anilines is 1. The average molecular weight is 407 g/mol. The minimum Gasteiger partial charge on any atom is -0.497 e. The third-order valence-electron chi connectivity index (χ3n) is 3.75. The van der Waals surface area contributed by atoms with Crippen molar-refractivity contribution in [3.8, 4) is 11.4 Å². The molecule has 0 saturated heterocycles. The molecule has 0 spiro atoms. The second kappa shape index (κ2) is 8.39. The van der Waals surface area contributed by atoms with Gasteiger partial charge in [0.05, 0.1) is 30.1 Å². The zero-order valence-electron chi connectivity index (χ0n) is 14.6. The monoisotopic (exact) mass is 406 g/mol. The summed E-state index contributed by atoms with van der Waals surface area (Å²) in [4.78, 5) is 12.7. The van der Waals surface area contributed by atoms with E-state index in [9.17, 15) is 4.79 Å². The second-order valence-corrected chi connectivity index (χ2v) is 6.35. The van der Waals surface area contributed by atoms with Crippen LogP contribution in [-0.4, -0.2) is 35.1 Å². The van der Waals surface area contributed by atoms with Crippen LogP contribution in [0.3, 0.4) is 0 Å². The lowest BCUT2D eigenvalue weighted by atomic mass is 10.2. The van der Waals surface area contributed by atoms with Gasteiger partial charge in [-0.3, -0.25) is 4.79 Å². The summed E-state index contributed by atoms with van der Waals surface area (Å²) < 4.78 is 11.9. The fraction of sp³-hybridized carbons (Fsp3) is 0.167. The minimum atomic E-state index is -0.467. The van der Waals surface area contributed by atoms with Crippen LogP contribution in [0.15, 0.2) is 42.5 Å². The van der Waals surface area contributed by atoms with Crippen molar-refractivity contribution in [3.05, 3.63) is 63.9 Å². The summed E-state index contributed by atoms with van der Waals surface area (Å²) in [6, 6.07) is 12.0. The molecule has 1 amide bonds. The maximum Gasteiger partial charge on any atom is 0.278 e. The molecule has 140 valence electrons. The zero-order valence-corrected chi connectivity index (χ0v) is 16.1. The van der Waals surface area contributed by atoms with Crippen LogP contribution in [0.4, 0.5) is 5.69 Å². The van der Waals surface area contributed by atoms with Crippen molar-refractivity contribution in [2.45, 2.75) is 6.61 Å². The zero-order chi connectivity index (χ0) is 19.4. The Bertz CT molecular complexity index is 958. The molecule has 2 aromatic carbocycles. The quantitative estimate of drug-likeness (QED) is 0.669. The van der Waals surface area contributed by atoms with E-state index < -0.39 is 5.91 Å². The normalized spacial score (nSPS) is 10.7. The molecule has 7 nitrogen and oxygen atoms in total. The lowest BCUT2D eigenvalue weighted by Crippen LogP contribution is -2.16. The number of nitrogens with one attached hydrogen (secondary N) is 1. The lowest BCUT2D eigenvalue weighted by Gasteiger charge is -2.09. The molecule has 0 atom stereocenters. The first-order valence-electron chi connectivity index (χ1n) is 7.88. The number of carbonyl (C=O) groups excluding carboxylic acids is 1. The number of ether oxygens (including phenoxy) is 2. The summed E-state index contributed by atoms with van der Waals surface area (Å²) in [6.07, 6.45) is 0. The van der Waals surface area contributed by atoms with Gasteiger partial charge in [-0.25, -0.2) is 4.68 Å². The second-order valence-electron chi connectivity index (χ2n) is 5.51. The van der Waals surface area contributed by atoms with E-state index in [4.69, 9.17) is 32.7 Å². The molecule has 0 aliphatic rings. The molecule has 0 fully saturated rings. The van der Waals surface area contributed by atoms with Crippen molar-refractivity contribution < 1.29 is 14.3 Å². The van der Waals surface area contributed by atoms with Gasteiger partial charge >= 0.3 is 0 Å². The van der Waals surface area contributed by atoms with E-state index in [0.717, 1.165) is 5.69 Å². The summed E-state index contributed by atoms with van der Waals surface area (Å²) in [5.74, 6) is 0.242. The average Bonchev–Trinajstić information content (AvgIpc) is 3.09. The molecule has 1 heterocycles. The molecular weight excluding hydrogens is 391 g/mol. The van der Waals surface area contributed by atoms with Gasteiger partial charge in [0.2, 0.25) is 0 Å². The first-order valence-corrected chi connectivity index (χ1v) is 8.63. The first kappa shape index (κ1) is 19.2. The van der Waals surface area contributed by atoms with Crippen LogP contribution >= 0.6 is 23.2 Å². The van der Waals surface area contributed by atoms with Gasteiger partial charge in [0.25, 0.3) is 5.91 Å². The number of benzene rings is 2. The Morgan fingerprint density at radius 2 is 1.89 bits per heavy atom. The van der Waals surface area contributed by atoms with Crippen LogP contribution in [0, 0.1) is 0 Å². The fourth-order valence-electron chi connectivity index (χ4n) is 2.45. The van der Waals surface area contributed by atoms with Crippen LogP contribution in [0.1, 0.15) is 16.2 Å². The summed E-state index contributed by atoms with van der Waals surface area (Å²) in [5, 5.41) is 11.6. The Kier molecular flexibility index (Phi) is 5.95. The number of hydrogen-bond acceptors (Lipinski definition) is 5. The molecule has 9 heteroatoms. The van der Waals surface area contributed by atoms with E-state index >= 15 is 0 Å². The topological polar surface area (TPSA) is 78.3 Å². The van der Waals surface area contributed by atoms with Gasteiger partial charge in [0.1, 0.15) is 11.4 Å². The highest BCUT2D eigenvalue weighted by atomic mass is 35.5. The largest absolute Gasteiger partial charge is 0.497 e. The molecule has 0 aliphatic heterocycles. The van der Waals surface area contributed by atoms with E-state index in [1.165, 1.54) is 11.8 Å². The highest BCUT2D eigenvalue weighted by Gasteiger charge is 2.21. The Labute approximate surface area is 165 Å². The number of hydrogen-bond donors (Lipinski definition) is 1. The summed E-state index contributed by atoms with van der Waals surface area (Å²) >= 11 is 12.1. The van der Waals surface area contributed by atoms with E-state index in [1.807, 2.05) is 12.1 Å². The number of carbonyl (C=O) groups is 1. The van der Waals surface area contributed by atoms with Gasteiger partial charge < -0.3 is 14.8 Å². The summed E-state index contributed by atoms with van der Waals surface area (Å²) in [7, 11) is 3.12. The molecular formula is C18H16Cl2N4O3. The molecule has 0 radical (unpaired) electrons. The smallest absolute Gasteiger partial charge is 0.278 e. The SMILES string of the molecule is COCc1c(C(=O)Nc2cc(Cl)ccc2Cl)nnn1-c1ccc(OC)cc1. The molecule has 0 saturated carbocycles. The standard InChI is InChI=1S/C18H16Cl2N4O3/c1-26-10-16-17(18(25)21-15-9-11(19)3-8-14(15)20)22-23-24(16)12-4-6-13(27-2)7-5-12/h3-9H,10H2,1-2H3,(H,21,25). The molecule has 0 bridgehead atoms. The van der Waals surface area contributed by atoms with Crippen molar-refractivity contribution in [1.29, 1.82) is 0 Å². The van der Waals surface area contributed by atoms with E-state index in [1.54, 1.807) is 37.4 Å². The summed E-state index contributed by atoms with van der Waals surface area (Å²) in [6.45, 7) is 0.144. The van der Waals surface area contributed by atoms with Gasteiger partial charge in [0.15, 0.2) is 5.69 Å². The van der Waals surface area contributed by atoms with Gasteiger partial charge in [-0.1, -0.05) is 28.4 Å². The minimum absolute atomic E-state index is 0.128. The Morgan fingerprint density at radius 1 is 1.15 bits per heavy atom. The van der Waals surface area contributed by atoms with Crippen molar-refractivity contribution >= 4 is 34.8 Å². The molecule has 3 aromatic rings. The maximum atomic E-state index is 12.7. The number of rotatable bonds is 6. The Balaban J connectivity index is 1.94. The van der Waals surface area contributed by atoms with Gasteiger partial charge in [-0.05, 0) is 42.5 Å². The van der Waals surface area contributed by atoms with Gasteiger partial charge in [0, 0.05) is 12.1 Å². The Hall–Kier alpha value is -2.61. The van der Waals surface area contributed by atoms with Crippen LogP contribution < -0.4 is 10.1 Å². The van der Waals surface area contributed by atoms with Crippen molar-refractivity contribution in [2.24, 2.45) is 0 Å². The highest BCUT2D eigenvalue weighted by molar-refractivity contribution is 6.35. The molecule has 1 N–H and O–H groups in total. The van der Waals surface area contributed by atoms with Crippen molar-refractivity contribution in [3.63, 3.8) is 0 Å². The highest BCUT2D eigenvalue weighted by Crippen LogP contribution is 2.26. The molecule has 0 aliphatic carbocycles.